The number of nitrogens with one attached hydrogen (secondary N) is 1. The van der Waals surface area contributed by atoms with E-state index in [4.69, 9.17) is 9.73 Å². The molecule has 152 valence electrons. The first kappa shape index (κ1) is 22.5. The van der Waals surface area contributed by atoms with Gasteiger partial charge in [-0.25, -0.2) is 0 Å². The maximum Gasteiger partial charge on any atom is 0.193 e. The molecule has 1 aromatic rings. The molecule has 2 heterocycles. The molecule has 1 aromatic carbocycles. The van der Waals surface area contributed by atoms with Gasteiger partial charge in [0.25, 0.3) is 0 Å². The van der Waals surface area contributed by atoms with Gasteiger partial charge in [-0.3, -0.25) is 4.99 Å². The standard InChI is InChI=1S/C22H35N3O.HI/c1-4-23-22(25-13-5-7-18(3)16-25)24-15-20-8-6-14-26-21(20)19-11-9-17(2)10-12-19;/h9-12,18,20-21H,4-8,13-16H2,1-3H3,(H,23,24);1H. The molecule has 3 unspecified atom stereocenters. The van der Waals surface area contributed by atoms with Crippen molar-refractivity contribution < 1.29 is 4.74 Å². The third-order valence-electron chi connectivity index (χ3n) is 5.62. The molecular formula is C22H36IN3O. The minimum atomic E-state index is 0. The second-order valence-corrected chi connectivity index (χ2v) is 7.99. The lowest BCUT2D eigenvalue weighted by Gasteiger charge is -2.35. The van der Waals surface area contributed by atoms with Crippen LogP contribution in [0.15, 0.2) is 29.3 Å². The Balaban J connectivity index is 0.00000261. The van der Waals surface area contributed by atoms with Gasteiger partial charge in [0.1, 0.15) is 0 Å². The van der Waals surface area contributed by atoms with Crippen molar-refractivity contribution in [2.45, 2.75) is 52.6 Å². The molecule has 27 heavy (non-hydrogen) atoms. The molecule has 1 N–H and O–H groups in total. The zero-order valence-electron chi connectivity index (χ0n) is 17.1. The number of halogens is 1. The topological polar surface area (TPSA) is 36.9 Å². The van der Waals surface area contributed by atoms with Crippen molar-refractivity contribution in [1.29, 1.82) is 0 Å². The molecule has 0 spiro atoms. The third-order valence-corrected chi connectivity index (χ3v) is 5.62. The average Bonchev–Trinajstić information content (AvgIpc) is 2.66. The first-order valence-corrected chi connectivity index (χ1v) is 10.4. The second kappa shape index (κ2) is 11.2. The highest BCUT2D eigenvalue weighted by molar-refractivity contribution is 14.0. The van der Waals surface area contributed by atoms with E-state index in [1.165, 1.54) is 30.4 Å². The zero-order chi connectivity index (χ0) is 18.4. The second-order valence-electron chi connectivity index (χ2n) is 7.99. The van der Waals surface area contributed by atoms with Gasteiger partial charge < -0.3 is 15.0 Å². The summed E-state index contributed by atoms with van der Waals surface area (Å²) in [6.07, 6.45) is 5.11. The largest absolute Gasteiger partial charge is 0.373 e. The highest BCUT2D eigenvalue weighted by atomic mass is 127. The maximum absolute atomic E-state index is 6.17. The molecule has 2 aliphatic rings. The molecule has 4 nitrogen and oxygen atoms in total. The molecule has 3 rings (SSSR count). The van der Waals surface area contributed by atoms with Crippen molar-refractivity contribution in [2.75, 3.05) is 32.8 Å². The number of hydrogen-bond donors (Lipinski definition) is 1. The number of rotatable bonds is 4. The van der Waals surface area contributed by atoms with E-state index < -0.39 is 0 Å². The Morgan fingerprint density at radius 3 is 2.70 bits per heavy atom. The highest BCUT2D eigenvalue weighted by Crippen LogP contribution is 2.34. The van der Waals surface area contributed by atoms with Gasteiger partial charge in [-0.15, -0.1) is 24.0 Å². The predicted octanol–water partition coefficient (Wildman–Crippen LogP) is 4.78. The van der Waals surface area contributed by atoms with Crippen LogP contribution in [0.1, 0.15) is 56.8 Å². The summed E-state index contributed by atoms with van der Waals surface area (Å²) in [4.78, 5) is 7.49. The molecule has 2 fully saturated rings. The van der Waals surface area contributed by atoms with Crippen LogP contribution in [0.4, 0.5) is 0 Å². The molecule has 0 saturated carbocycles. The third kappa shape index (κ3) is 6.34. The number of piperidine rings is 1. The fraction of sp³-hybridized carbons (Fsp3) is 0.682. The van der Waals surface area contributed by atoms with E-state index in [-0.39, 0.29) is 30.1 Å². The normalized spacial score (nSPS) is 26.4. The van der Waals surface area contributed by atoms with Crippen molar-refractivity contribution in [3.63, 3.8) is 0 Å². The maximum atomic E-state index is 6.17. The van der Waals surface area contributed by atoms with Crippen molar-refractivity contribution >= 4 is 29.9 Å². The van der Waals surface area contributed by atoms with Gasteiger partial charge in [-0.1, -0.05) is 36.8 Å². The van der Waals surface area contributed by atoms with Gasteiger partial charge in [-0.2, -0.15) is 0 Å². The zero-order valence-corrected chi connectivity index (χ0v) is 19.4. The fourth-order valence-corrected chi connectivity index (χ4v) is 4.17. The predicted molar refractivity (Wildman–Crippen MR) is 124 cm³/mol. The number of nitrogens with zero attached hydrogens (tertiary/aromatic N) is 2. The number of hydrogen-bond acceptors (Lipinski definition) is 2. The van der Waals surface area contributed by atoms with Crippen LogP contribution in [0.2, 0.25) is 0 Å². The van der Waals surface area contributed by atoms with E-state index >= 15 is 0 Å². The van der Waals surface area contributed by atoms with E-state index in [9.17, 15) is 0 Å². The molecule has 5 heteroatoms. The van der Waals surface area contributed by atoms with Crippen molar-refractivity contribution in [1.82, 2.24) is 10.2 Å². The van der Waals surface area contributed by atoms with Gasteiger partial charge in [0.15, 0.2) is 5.96 Å². The highest BCUT2D eigenvalue weighted by Gasteiger charge is 2.28. The molecule has 0 aromatic heterocycles. The Kier molecular flexibility index (Phi) is 9.36. The molecule has 2 aliphatic heterocycles. The SMILES string of the molecule is CCNC(=NCC1CCCOC1c1ccc(C)cc1)N1CCCC(C)C1.I. The van der Waals surface area contributed by atoms with Crippen molar-refractivity contribution in [3.8, 4) is 0 Å². The lowest BCUT2D eigenvalue weighted by molar-refractivity contribution is -0.0251. The van der Waals surface area contributed by atoms with Crippen LogP contribution in [0.5, 0.6) is 0 Å². The smallest absolute Gasteiger partial charge is 0.193 e. The Morgan fingerprint density at radius 2 is 2.00 bits per heavy atom. The number of ether oxygens (including phenoxy) is 1. The van der Waals surface area contributed by atoms with Crippen molar-refractivity contribution in [2.24, 2.45) is 16.8 Å². The van der Waals surface area contributed by atoms with Gasteiger partial charge >= 0.3 is 0 Å². The average molecular weight is 485 g/mol. The summed E-state index contributed by atoms with van der Waals surface area (Å²) in [5.41, 5.74) is 2.60. The molecule has 0 bridgehead atoms. The van der Waals surface area contributed by atoms with Crippen LogP contribution in [-0.4, -0.2) is 43.6 Å². The Morgan fingerprint density at radius 1 is 1.22 bits per heavy atom. The van der Waals surface area contributed by atoms with Gasteiger partial charge in [0.05, 0.1) is 6.10 Å². The molecule has 0 aliphatic carbocycles. The van der Waals surface area contributed by atoms with Gasteiger partial charge in [0.2, 0.25) is 0 Å². The quantitative estimate of drug-likeness (QED) is 0.379. The number of likely N-dealkylation sites (tertiary alicyclic amines) is 1. The molecular weight excluding hydrogens is 449 g/mol. The van der Waals surface area contributed by atoms with Crippen LogP contribution in [0, 0.1) is 18.8 Å². The fourth-order valence-electron chi connectivity index (χ4n) is 4.17. The van der Waals surface area contributed by atoms with E-state index in [0.29, 0.717) is 5.92 Å². The van der Waals surface area contributed by atoms with Crippen LogP contribution < -0.4 is 5.32 Å². The molecule has 3 atom stereocenters. The summed E-state index contributed by atoms with van der Waals surface area (Å²) in [5, 5.41) is 3.51. The van der Waals surface area contributed by atoms with Crippen LogP contribution in [0.3, 0.4) is 0 Å². The Labute approximate surface area is 182 Å². The molecule has 0 amide bonds. The summed E-state index contributed by atoms with van der Waals surface area (Å²) < 4.78 is 6.17. The van der Waals surface area contributed by atoms with Gasteiger partial charge in [0, 0.05) is 38.7 Å². The lowest BCUT2D eigenvalue weighted by Crippen LogP contribution is -2.46. The summed E-state index contributed by atoms with van der Waals surface area (Å²) in [7, 11) is 0. The first-order valence-electron chi connectivity index (χ1n) is 10.4. The van der Waals surface area contributed by atoms with Gasteiger partial charge in [-0.05, 0) is 51.0 Å². The summed E-state index contributed by atoms with van der Waals surface area (Å²) in [6.45, 7) is 11.5. The number of aliphatic imine (C=N–C) groups is 1. The van der Waals surface area contributed by atoms with E-state index in [1.807, 2.05) is 0 Å². The molecule has 2 saturated heterocycles. The summed E-state index contributed by atoms with van der Waals surface area (Å²) >= 11 is 0. The minimum absolute atomic E-state index is 0. The van der Waals surface area contributed by atoms with Crippen LogP contribution in [-0.2, 0) is 4.74 Å². The monoisotopic (exact) mass is 485 g/mol. The van der Waals surface area contributed by atoms with Crippen molar-refractivity contribution in [3.05, 3.63) is 35.4 Å². The van der Waals surface area contributed by atoms with E-state index in [2.05, 4.69) is 55.3 Å². The number of guanidine groups is 1. The van der Waals surface area contributed by atoms with Crippen LogP contribution >= 0.6 is 24.0 Å². The molecule has 0 radical (unpaired) electrons. The number of aryl methyl sites for hydroxylation is 1. The number of benzene rings is 1. The summed E-state index contributed by atoms with van der Waals surface area (Å²) in [6, 6.07) is 8.82. The van der Waals surface area contributed by atoms with Crippen LogP contribution in [0.25, 0.3) is 0 Å². The van der Waals surface area contributed by atoms with E-state index in [0.717, 1.165) is 51.1 Å². The van der Waals surface area contributed by atoms with E-state index in [1.54, 1.807) is 0 Å². The summed E-state index contributed by atoms with van der Waals surface area (Å²) in [5.74, 6) is 2.31. The Bertz CT molecular complexity index is 590. The first-order chi connectivity index (χ1) is 12.7. The minimum Gasteiger partial charge on any atom is -0.373 e. The lowest BCUT2D eigenvalue weighted by atomic mass is 9.89. The Hall–Kier alpha value is -0.820.